The Hall–Kier alpha value is -1.21. The topological polar surface area (TPSA) is 110 Å². The molecule has 0 rings (SSSR count). The number of carbonyl (C=O) groups is 1. The van der Waals surface area contributed by atoms with Crippen molar-refractivity contribution < 1.29 is 25.2 Å². The molecule has 4 atom stereocenters. The van der Waals surface area contributed by atoms with Gasteiger partial charge in [0, 0.05) is 0 Å². The molecule has 0 saturated heterocycles. The van der Waals surface area contributed by atoms with Crippen LogP contribution in [0.25, 0.3) is 0 Å². The molecule has 0 aromatic rings. The average Bonchev–Trinajstić information content (AvgIpc) is 3.36. The molecule has 0 saturated carbocycles. The van der Waals surface area contributed by atoms with Crippen molar-refractivity contribution in [2.24, 2.45) is 0 Å². The van der Waals surface area contributed by atoms with Gasteiger partial charge in [0.15, 0.2) is 0 Å². The fourth-order valence-electron chi connectivity index (χ4n) is 10.2. The summed E-state index contributed by atoms with van der Waals surface area (Å²) in [5.41, 5.74) is 0. The summed E-state index contributed by atoms with van der Waals surface area (Å²) in [4.78, 5) is 12.6. The van der Waals surface area contributed by atoms with E-state index >= 15 is 0 Å². The molecular weight excluding hydrogens is 863 g/mol. The second-order valence-electron chi connectivity index (χ2n) is 22.1. The number of rotatable bonds is 59. The summed E-state index contributed by atoms with van der Waals surface area (Å²) >= 11 is 0. The normalized spacial score (nSPS) is 13.7. The first kappa shape index (κ1) is 68.8. The number of aliphatic hydroxyl groups excluding tert-OH is 4. The van der Waals surface area contributed by atoms with Crippen molar-refractivity contribution in [3.05, 3.63) is 24.3 Å². The molecule has 0 radical (unpaired) electrons. The zero-order chi connectivity index (χ0) is 50.9. The van der Waals surface area contributed by atoms with Gasteiger partial charge in [-0.05, 0) is 51.4 Å². The third-order valence-corrected chi connectivity index (χ3v) is 15.1. The lowest BCUT2D eigenvalue weighted by atomic mass is 10.00. The lowest BCUT2D eigenvalue weighted by Crippen LogP contribution is -2.53. The molecule has 0 aliphatic rings. The summed E-state index contributed by atoms with van der Waals surface area (Å²) in [5, 5.41) is 44.1. The first-order valence-electron chi connectivity index (χ1n) is 31.7. The molecule has 0 spiro atoms. The molecule has 0 fully saturated rings. The van der Waals surface area contributed by atoms with Gasteiger partial charge in [0.25, 0.3) is 0 Å². The summed E-state index contributed by atoms with van der Waals surface area (Å²) in [5.74, 6) is -0.590. The van der Waals surface area contributed by atoms with Gasteiger partial charge in [0.05, 0.1) is 18.8 Å². The first-order chi connectivity index (χ1) is 34.5. The van der Waals surface area contributed by atoms with Gasteiger partial charge in [0.1, 0.15) is 12.2 Å². The molecule has 5 N–H and O–H groups in total. The molecule has 0 bridgehead atoms. The fourth-order valence-corrected chi connectivity index (χ4v) is 10.2. The molecule has 0 heterocycles. The van der Waals surface area contributed by atoms with Crippen LogP contribution in [-0.4, -0.2) is 57.3 Å². The second-order valence-corrected chi connectivity index (χ2v) is 22.1. The Morgan fingerprint density at radius 2 is 0.600 bits per heavy atom. The number of amides is 1. The number of hydrogen-bond donors (Lipinski definition) is 5. The Morgan fingerprint density at radius 1 is 0.343 bits per heavy atom. The van der Waals surface area contributed by atoms with E-state index in [1.54, 1.807) is 0 Å². The predicted octanol–water partition coefficient (Wildman–Crippen LogP) is 19.0. The third kappa shape index (κ3) is 51.7. The predicted molar refractivity (Wildman–Crippen MR) is 307 cm³/mol. The van der Waals surface area contributed by atoms with E-state index in [1.165, 1.54) is 276 Å². The maximum absolute atomic E-state index is 12.6. The SMILES string of the molecule is CCCCCCCCCCCCCCCCCCCCCCC/C=C/CC/C=C/CCCC(O)C(O)C(CO)NC(=O)C(O)CCCCCCCCCCCCCCCCCCCCCCCCCC. The monoisotopic (exact) mass is 988 g/mol. The number of nitrogens with one attached hydrogen (secondary N) is 1. The smallest absolute Gasteiger partial charge is 0.249 e. The van der Waals surface area contributed by atoms with E-state index in [2.05, 4.69) is 43.5 Å². The molecule has 0 aromatic carbocycles. The Kier molecular flexibility index (Phi) is 57.7. The minimum Gasteiger partial charge on any atom is -0.394 e. The summed E-state index contributed by atoms with van der Waals surface area (Å²) in [6, 6.07) is -1.01. The Balaban J connectivity index is 3.61. The third-order valence-electron chi connectivity index (χ3n) is 15.1. The average molecular weight is 989 g/mol. The zero-order valence-electron chi connectivity index (χ0n) is 47.3. The van der Waals surface area contributed by atoms with Crippen molar-refractivity contribution in [3.63, 3.8) is 0 Å². The fraction of sp³-hybridized carbons (Fsp3) is 0.922. The number of unbranched alkanes of at least 4 members (excludes halogenated alkanes) is 46. The lowest BCUT2D eigenvalue weighted by molar-refractivity contribution is -0.132. The number of hydrogen-bond acceptors (Lipinski definition) is 5. The highest BCUT2D eigenvalue weighted by molar-refractivity contribution is 5.80. The van der Waals surface area contributed by atoms with Crippen LogP contribution in [0.15, 0.2) is 24.3 Å². The maximum Gasteiger partial charge on any atom is 0.249 e. The standard InChI is InChI=1S/C64H125NO5/c1-3-5-7-9-11-13-15-17-19-21-23-25-27-29-30-31-32-33-34-36-37-39-41-43-45-47-49-51-53-55-57-61(67)63(69)60(59-66)65-64(70)62(68)58-56-54-52-50-48-46-44-42-40-38-35-28-26-24-22-20-18-16-14-12-10-8-6-4-2/h41,43,49,51,60-63,66-69H,3-40,42,44-48,50,52-59H2,1-2H3,(H,65,70)/b43-41+,51-49+. The van der Waals surface area contributed by atoms with Crippen LogP contribution in [0.3, 0.4) is 0 Å². The van der Waals surface area contributed by atoms with Crippen LogP contribution in [0.5, 0.6) is 0 Å². The lowest BCUT2D eigenvalue weighted by Gasteiger charge is -2.27. The minimum absolute atomic E-state index is 0.365. The van der Waals surface area contributed by atoms with Crippen LogP contribution in [0.4, 0.5) is 0 Å². The van der Waals surface area contributed by atoms with Crippen LogP contribution >= 0.6 is 0 Å². The van der Waals surface area contributed by atoms with E-state index in [-0.39, 0.29) is 0 Å². The van der Waals surface area contributed by atoms with Crippen molar-refractivity contribution in [1.82, 2.24) is 5.32 Å². The van der Waals surface area contributed by atoms with Crippen molar-refractivity contribution in [2.45, 2.75) is 372 Å². The second kappa shape index (κ2) is 58.7. The van der Waals surface area contributed by atoms with E-state index in [4.69, 9.17) is 0 Å². The summed E-state index contributed by atoms with van der Waals surface area (Å²) in [6.45, 7) is 4.09. The highest BCUT2D eigenvalue weighted by Crippen LogP contribution is 2.19. The summed E-state index contributed by atoms with van der Waals surface area (Å²) < 4.78 is 0. The molecular formula is C64H125NO5. The van der Waals surface area contributed by atoms with E-state index in [1.807, 2.05) is 0 Å². The van der Waals surface area contributed by atoms with Crippen molar-refractivity contribution >= 4 is 5.91 Å². The molecule has 0 aliphatic heterocycles. The van der Waals surface area contributed by atoms with Crippen LogP contribution in [-0.2, 0) is 4.79 Å². The highest BCUT2D eigenvalue weighted by Gasteiger charge is 2.28. The summed E-state index contributed by atoms with van der Waals surface area (Å²) in [7, 11) is 0. The maximum atomic E-state index is 12.6. The van der Waals surface area contributed by atoms with E-state index in [0.29, 0.717) is 19.3 Å². The number of aliphatic hydroxyl groups is 4. The minimum atomic E-state index is -1.29. The molecule has 0 aromatic heterocycles. The van der Waals surface area contributed by atoms with Gasteiger partial charge in [-0.25, -0.2) is 0 Å². The quantitative estimate of drug-likeness (QED) is 0.0308. The Morgan fingerprint density at radius 3 is 0.900 bits per heavy atom. The molecule has 1 amide bonds. The molecule has 6 nitrogen and oxygen atoms in total. The van der Waals surface area contributed by atoms with Gasteiger partial charge >= 0.3 is 0 Å². The summed E-state index contributed by atoms with van der Waals surface area (Å²) in [6.07, 6.45) is 72.8. The number of carbonyl (C=O) groups excluding carboxylic acids is 1. The molecule has 4 unspecified atom stereocenters. The first-order valence-corrected chi connectivity index (χ1v) is 31.7. The van der Waals surface area contributed by atoms with E-state index in [9.17, 15) is 25.2 Å². The molecule has 6 heteroatoms. The molecule has 0 aliphatic carbocycles. The van der Waals surface area contributed by atoms with Gasteiger partial charge in [0.2, 0.25) is 5.91 Å². The van der Waals surface area contributed by atoms with Gasteiger partial charge in [-0.3, -0.25) is 4.79 Å². The van der Waals surface area contributed by atoms with E-state index in [0.717, 1.165) is 38.5 Å². The van der Waals surface area contributed by atoms with Crippen LogP contribution < -0.4 is 5.32 Å². The molecule has 70 heavy (non-hydrogen) atoms. The van der Waals surface area contributed by atoms with Crippen molar-refractivity contribution in [3.8, 4) is 0 Å². The number of allylic oxidation sites excluding steroid dienone is 4. The zero-order valence-corrected chi connectivity index (χ0v) is 47.3. The van der Waals surface area contributed by atoms with Gasteiger partial charge in [-0.15, -0.1) is 0 Å². The van der Waals surface area contributed by atoms with Gasteiger partial charge in [-0.2, -0.15) is 0 Å². The van der Waals surface area contributed by atoms with Gasteiger partial charge < -0.3 is 25.7 Å². The Labute approximate surface area is 437 Å². The van der Waals surface area contributed by atoms with E-state index < -0.39 is 36.9 Å². The largest absolute Gasteiger partial charge is 0.394 e. The van der Waals surface area contributed by atoms with Crippen LogP contribution in [0.2, 0.25) is 0 Å². The molecule has 416 valence electrons. The van der Waals surface area contributed by atoms with Gasteiger partial charge in [-0.1, -0.05) is 321 Å². The van der Waals surface area contributed by atoms with Crippen molar-refractivity contribution in [2.75, 3.05) is 6.61 Å². The van der Waals surface area contributed by atoms with Crippen LogP contribution in [0.1, 0.15) is 348 Å². The Bertz CT molecular complexity index is 1060. The highest BCUT2D eigenvalue weighted by atomic mass is 16.3. The van der Waals surface area contributed by atoms with Crippen LogP contribution in [0, 0.1) is 0 Å². The van der Waals surface area contributed by atoms with Crippen molar-refractivity contribution in [1.29, 1.82) is 0 Å².